The number of ether oxygens (including phenoxy) is 1. The molecule has 0 aliphatic rings. The van der Waals surface area contributed by atoms with Gasteiger partial charge in [-0.3, -0.25) is 5.41 Å². The van der Waals surface area contributed by atoms with Crippen molar-refractivity contribution < 1.29 is 17.9 Å². The molecule has 0 saturated heterocycles. The summed E-state index contributed by atoms with van der Waals surface area (Å²) in [5.41, 5.74) is 8.82. The van der Waals surface area contributed by atoms with E-state index >= 15 is 0 Å². The Balaban J connectivity index is 0.00000304. The number of nitrogens with zero attached hydrogens (tertiary/aromatic N) is 4. The van der Waals surface area contributed by atoms with Crippen LogP contribution in [0.3, 0.4) is 0 Å². The molecule has 0 aliphatic carbocycles. The summed E-state index contributed by atoms with van der Waals surface area (Å²) in [5.74, 6) is 1.27. The summed E-state index contributed by atoms with van der Waals surface area (Å²) in [6.07, 6.45) is -2.79. The molecule has 2 aromatic heterocycles. The molecule has 0 unspecified atom stereocenters. The number of amidine groups is 1. The van der Waals surface area contributed by atoms with Crippen molar-refractivity contribution in [2.75, 3.05) is 0 Å². The first kappa shape index (κ1) is 24.7. The van der Waals surface area contributed by atoms with E-state index in [4.69, 9.17) is 15.9 Å². The Morgan fingerprint density at radius 2 is 1.75 bits per heavy atom. The van der Waals surface area contributed by atoms with E-state index < -0.39 is 11.7 Å². The Morgan fingerprint density at radius 3 is 2.42 bits per heavy atom. The number of hydrogen-bond donors (Lipinski definition) is 3. The zero-order valence-corrected chi connectivity index (χ0v) is 19.3. The molecule has 5 aromatic rings. The highest BCUT2D eigenvalue weighted by molar-refractivity contribution is 5.98. The van der Waals surface area contributed by atoms with Gasteiger partial charge in [0.1, 0.15) is 29.7 Å². The predicted molar refractivity (Wildman–Crippen MR) is 130 cm³/mol. The lowest BCUT2D eigenvalue weighted by Crippen LogP contribution is -2.10. The van der Waals surface area contributed by atoms with Crippen molar-refractivity contribution >= 4 is 29.3 Å². The fraction of sp³-hybridized carbons (Fsp3) is 0.0833. The number of imidazole rings is 1. The van der Waals surface area contributed by atoms with Crippen LogP contribution in [0.1, 0.15) is 16.8 Å². The third-order valence-electron chi connectivity index (χ3n) is 5.31. The second-order valence-electron chi connectivity index (χ2n) is 7.74. The Morgan fingerprint density at radius 1 is 1.03 bits per heavy atom. The number of aromatic amines is 1. The molecule has 0 atom stereocenters. The molecule has 5 rings (SSSR count). The number of benzene rings is 3. The van der Waals surface area contributed by atoms with Gasteiger partial charge in [0.2, 0.25) is 0 Å². The van der Waals surface area contributed by atoms with Gasteiger partial charge in [0.25, 0.3) is 0 Å². The number of nitrogen functional groups attached to an aromatic ring is 1. The van der Waals surface area contributed by atoms with Gasteiger partial charge in [-0.25, -0.2) is 9.67 Å². The normalized spacial score (nSPS) is 11.3. The van der Waals surface area contributed by atoms with E-state index in [1.165, 1.54) is 16.8 Å². The van der Waals surface area contributed by atoms with E-state index in [1.807, 2.05) is 12.1 Å². The van der Waals surface area contributed by atoms with Gasteiger partial charge in [-0.05, 0) is 66.7 Å². The zero-order valence-electron chi connectivity index (χ0n) is 18.5. The minimum absolute atomic E-state index is 0. The predicted octanol–water partition coefficient (Wildman–Crippen LogP) is 5.11. The van der Waals surface area contributed by atoms with E-state index in [2.05, 4.69) is 20.3 Å². The molecular formula is C24H19ClF3N7O. The number of H-pyrrole nitrogens is 1. The molecular weight excluding hydrogens is 495 g/mol. The third-order valence-corrected chi connectivity index (χ3v) is 5.31. The molecule has 4 N–H and O–H groups in total. The number of hydrogen-bond acceptors (Lipinski definition) is 5. The Bertz CT molecular complexity index is 1510. The average molecular weight is 514 g/mol. The minimum atomic E-state index is -4.39. The molecule has 0 radical (unpaired) electrons. The Hall–Kier alpha value is -4.38. The molecule has 0 bridgehead atoms. The molecule has 0 aliphatic heterocycles. The van der Waals surface area contributed by atoms with Gasteiger partial charge >= 0.3 is 6.18 Å². The van der Waals surface area contributed by atoms with Gasteiger partial charge in [-0.2, -0.15) is 13.2 Å². The minimum Gasteiger partial charge on any atom is -0.487 e. The van der Waals surface area contributed by atoms with Gasteiger partial charge in [-0.1, -0.05) is 5.21 Å². The van der Waals surface area contributed by atoms with Crippen LogP contribution in [0.4, 0.5) is 13.2 Å². The number of nitrogens with two attached hydrogens (primary N) is 1. The van der Waals surface area contributed by atoms with Crippen LogP contribution in [-0.2, 0) is 12.8 Å². The third kappa shape index (κ3) is 5.15. The van der Waals surface area contributed by atoms with Crippen molar-refractivity contribution in [3.05, 3.63) is 89.7 Å². The maximum absolute atomic E-state index is 12.7. The van der Waals surface area contributed by atoms with Crippen molar-refractivity contribution in [1.82, 2.24) is 25.0 Å². The van der Waals surface area contributed by atoms with Gasteiger partial charge in [0.05, 0.1) is 28.5 Å². The summed E-state index contributed by atoms with van der Waals surface area (Å²) in [6.45, 7) is 0.137. The van der Waals surface area contributed by atoms with Crippen molar-refractivity contribution in [2.45, 2.75) is 12.8 Å². The largest absolute Gasteiger partial charge is 0.487 e. The van der Waals surface area contributed by atoms with Crippen LogP contribution in [0.2, 0.25) is 0 Å². The van der Waals surface area contributed by atoms with Crippen molar-refractivity contribution in [3.8, 4) is 22.8 Å². The van der Waals surface area contributed by atoms with Gasteiger partial charge in [-0.15, -0.1) is 17.5 Å². The number of rotatable bonds is 6. The number of halogens is 4. The van der Waals surface area contributed by atoms with Crippen molar-refractivity contribution in [3.63, 3.8) is 0 Å². The number of nitrogens with one attached hydrogen (secondary N) is 2. The summed E-state index contributed by atoms with van der Waals surface area (Å²) < 4.78 is 45.3. The summed E-state index contributed by atoms with van der Waals surface area (Å²) in [7, 11) is 0. The van der Waals surface area contributed by atoms with Crippen LogP contribution in [0.25, 0.3) is 28.1 Å². The Kier molecular flexibility index (Phi) is 6.67. The lowest BCUT2D eigenvalue weighted by molar-refractivity contribution is -0.137. The highest BCUT2D eigenvalue weighted by Gasteiger charge is 2.30. The fourth-order valence-corrected chi connectivity index (χ4v) is 3.47. The molecule has 0 fully saturated rings. The van der Waals surface area contributed by atoms with Crippen LogP contribution in [0.5, 0.6) is 5.75 Å². The standard InChI is InChI=1S/C24H18F3N7O.ClH/c25-24(26,27)16-4-6-18(7-5-16)34-12-17(32-33-34)13-35-19-8-1-14(2-9-19)23-30-20-10-3-15(22(28)29)11-21(20)31-23;/h1-12H,13H2,(H3,28,29)(H,30,31);1H. The van der Waals surface area contributed by atoms with Gasteiger partial charge in [0, 0.05) is 11.1 Å². The van der Waals surface area contributed by atoms with Crippen LogP contribution in [0.15, 0.2) is 72.9 Å². The van der Waals surface area contributed by atoms with Crippen molar-refractivity contribution in [1.29, 1.82) is 5.41 Å². The van der Waals surface area contributed by atoms with E-state index in [0.29, 0.717) is 28.5 Å². The van der Waals surface area contributed by atoms with E-state index in [0.717, 1.165) is 28.7 Å². The number of alkyl halides is 3. The molecule has 0 saturated carbocycles. The van der Waals surface area contributed by atoms with Gasteiger partial charge in [0.15, 0.2) is 0 Å². The van der Waals surface area contributed by atoms with E-state index in [1.54, 1.807) is 36.5 Å². The molecule has 2 heterocycles. The zero-order chi connectivity index (χ0) is 24.6. The van der Waals surface area contributed by atoms with Crippen LogP contribution < -0.4 is 10.5 Å². The van der Waals surface area contributed by atoms with Crippen LogP contribution in [0, 0.1) is 5.41 Å². The first-order chi connectivity index (χ1) is 16.8. The van der Waals surface area contributed by atoms with Crippen molar-refractivity contribution in [2.24, 2.45) is 5.73 Å². The second kappa shape index (κ2) is 9.70. The first-order valence-corrected chi connectivity index (χ1v) is 10.4. The summed E-state index contributed by atoms with van der Waals surface area (Å²) in [6, 6.07) is 17.3. The lowest BCUT2D eigenvalue weighted by atomic mass is 10.2. The quantitative estimate of drug-likeness (QED) is 0.215. The van der Waals surface area contributed by atoms with Crippen LogP contribution >= 0.6 is 12.4 Å². The second-order valence-corrected chi connectivity index (χ2v) is 7.74. The summed E-state index contributed by atoms with van der Waals surface area (Å²) in [4.78, 5) is 7.79. The molecule has 184 valence electrons. The fourth-order valence-electron chi connectivity index (χ4n) is 3.47. The molecule has 0 amide bonds. The van der Waals surface area contributed by atoms with E-state index in [-0.39, 0.29) is 24.8 Å². The monoisotopic (exact) mass is 513 g/mol. The molecule has 12 heteroatoms. The smallest absolute Gasteiger partial charge is 0.416 e. The molecule has 36 heavy (non-hydrogen) atoms. The Labute approximate surface area is 208 Å². The molecule has 3 aromatic carbocycles. The topological polar surface area (TPSA) is 118 Å². The van der Waals surface area contributed by atoms with E-state index in [9.17, 15) is 13.2 Å². The maximum atomic E-state index is 12.7. The lowest BCUT2D eigenvalue weighted by Gasteiger charge is -2.07. The van der Waals surface area contributed by atoms with Gasteiger partial charge < -0.3 is 15.5 Å². The maximum Gasteiger partial charge on any atom is 0.416 e. The SMILES string of the molecule is Cl.N=C(N)c1ccc2nc(-c3ccc(OCc4cn(-c5ccc(C(F)(F)F)cc5)nn4)cc3)[nH]c2c1. The van der Waals surface area contributed by atoms with Crippen LogP contribution in [-0.4, -0.2) is 30.8 Å². The summed E-state index contributed by atoms with van der Waals surface area (Å²) in [5, 5.41) is 15.5. The first-order valence-electron chi connectivity index (χ1n) is 10.4. The molecule has 8 nitrogen and oxygen atoms in total. The highest BCUT2D eigenvalue weighted by Crippen LogP contribution is 2.29. The number of aromatic nitrogens is 5. The summed E-state index contributed by atoms with van der Waals surface area (Å²) >= 11 is 0. The average Bonchev–Trinajstić information content (AvgIpc) is 3.49. The number of fused-ring (bicyclic) bond motifs is 1. The molecule has 0 spiro atoms. The highest BCUT2D eigenvalue weighted by atomic mass is 35.5.